The molecule has 0 radical (unpaired) electrons. The third kappa shape index (κ3) is 10.4. The van der Waals surface area contributed by atoms with Crippen molar-refractivity contribution in [1.29, 1.82) is 0 Å². The molecular formula is C23H40O5. The molecule has 0 amide bonds. The van der Waals surface area contributed by atoms with Gasteiger partial charge in [-0.25, -0.2) is 0 Å². The van der Waals surface area contributed by atoms with E-state index in [1.165, 1.54) is 25.7 Å². The number of hydrogen-bond acceptors (Lipinski definition) is 4. The van der Waals surface area contributed by atoms with Crippen molar-refractivity contribution in [3.05, 3.63) is 12.2 Å². The molecule has 3 N–H and O–H groups in total. The second kappa shape index (κ2) is 14.7. The quantitative estimate of drug-likeness (QED) is 0.261. The maximum atomic E-state index is 12.2. The summed E-state index contributed by atoms with van der Waals surface area (Å²) in [5.74, 6) is -0.569. The largest absolute Gasteiger partial charge is 0.481 e. The summed E-state index contributed by atoms with van der Waals surface area (Å²) < 4.78 is 0. The monoisotopic (exact) mass is 396 g/mol. The Kier molecular flexibility index (Phi) is 13.1. The number of unbranched alkanes of at least 4 members (excludes halogenated alkanes) is 6. The standard InChI is InChI=1S/C23H40O5/c1-2-3-4-5-6-9-12-18(24)15-16-20-19(21(25)17-22(20)26)13-10-7-8-11-14-23(27)28/h7,10,19-22,25-26H,2-6,8-9,11-17H2,1H3,(H,27,28). The molecule has 0 aromatic carbocycles. The van der Waals surface area contributed by atoms with Gasteiger partial charge in [0.05, 0.1) is 12.2 Å². The molecule has 1 fully saturated rings. The molecule has 162 valence electrons. The topological polar surface area (TPSA) is 94.8 Å². The van der Waals surface area contributed by atoms with E-state index in [4.69, 9.17) is 5.11 Å². The molecule has 1 aliphatic carbocycles. The number of carboxylic acid groups (broad SMARTS) is 1. The second-order valence-corrected chi connectivity index (χ2v) is 8.29. The van der Waals surface area contributed by atoms with E-state index in [2.05, 4.69) is 6.92 Å². The van der Waals surface area contributed by atoms with Gasteiger partial charge in [0.15, 0.2) is 0 Å². The van der Waals surface area contributed by atoms with Gasteiger partial charge in [0.1, 0.15) is 5.78 Å². The predicted octanol–water partition coefficient (Wildman–Crippen LogP) is 4.65. The average molecular weight is 397 g/mol. The van der Waals surface area contributed by atoms with Crippen molar-refractivity contribution in [3.63, 3.8) is 0 Å². The summed E-state index contributed by atoms with van der Waals surface area (Å²) in [6.07, 6.45) is 14.2. The van der Waals surface area contributed by atoms with Crippen LogP contribution in [0.15, 0.2) is 12.2 Å². The summed E-state index contributed by atoms with van der Waals surface area (Å²) in [6, 6.07) is 0. The molecule has 28 heavy (non-hydrogen) atoms. The lowest BCUT2D eigenvalue weighted by Crippen LogP contribution is -2.22. The molecule has 1 saturated carbocycles. The lowest BCUT2D eigenvalue weighted by atomic mass is 9.86. The number of carboxylic acids is 1. The van der Waals surface area contributed by atoms with Crippen molar-refractivity contribution in [2.75, 3.05) is 0 Å². The van der Waals surface area contributed by atoms with E-state index in [1.807, 2.05) is 12.2 Å². The maximum absolute atomic E-state index is 12.2. The minimum absolute atomic E-state index is 0.0208. The molecule has 1 rings (SSSR count). The number of rotatable bonds is 16. The first kappa shape index (κ1) is 24.8. The predicted molar refractivity (Wildman–Crippen MR) is 111 cm³/mol. The van der Waals surface area contributed by atoms with Gasteiger partial charge >= 0.3 is 5.97 Å². The number of ketones is 1. The molecule has 1 aliphatic rings. The number of aliphatic hydroxyl groups is 2. The molecule has 0 aliphatic heterocycles. The molecule has 0 heterocycles. The summed E-state index contributed by atoms with van der Waals surface area (Å²) in [5, 5.41) is 29.2. The summed E-state index contributed by atoms with van der Waals surface area (Å²) in [5.41, 5.74) is 0. The zero-order valence-corrected chi connectivity index (χ0v) is 17.5. The first-order valence-electron chi connectivity index (χ1n) is 11.2. The molecule has 4 unspecified atom stereocenters. The lowest BCUT2D eigenvalue weighted by molar-refractivity contribution is -0.137. The number of allylic oxidation sites excluding steroid dienone is 2. The van der Waals surface area contributed by atoms with Gasteiger partial charge in [-0.1, -0.05) is 51.2 Å². The van der Waals surface area contributed by atoms with Crippen LogP contribution in [-0.4, -0.2) is 39.3 Å². The van der Waals surface area contributed by atoms with Gasteiger partial charge in [-0.15, -0.1) is 0 Å². The highest BCUT2D eigenvalue weighted by molar-refractivity contribution is 5.78. The smallest absolute Gasteiger partial charge is 0.303 e. The second-order valence-electron chi connectivity index (χ2n) is 8.29. The number of aliphatic carboxylic acids is 1. The van der Waals surface area contributed by atoms with Gasteiger partial charge in [-0.05, 0) is 50.4 Å². The van der Waals surface area contributed by atoms with Crippen LogP contribution in [0.4, 0.5) is 0 Å². The van der Waals surface area contributed by atoms with E-state index in [1.54, 1.807) is 0 Å². The SMILES string of the molecule is CCCCCCCCC(=O)CCC1C(O)CC(O)C1CC=CCCCC(=O)O. The summed E-state index contributed by atoms with van der Waals surface area (Å²) in [4.78, 5) is 22.7. The van der Waals surface area contributed by atoms with Crippen LogP contribution in [0.2, 0.25) is 0 Å². The first-order valence-corrected chi connectivity index (χ1v) is 11.2. The third-order valence-corrected chi connectivity index (χ3v) is 5.92. The number of carbonyl (C=O) groups is 2. The maximum Gasteiger partial charge on any atom is 0.303 e. The van der Waals surface area contributed by atoms with E-state index >= 15 is 0 Å². The van der Waals surface area contributed by atoms with Crippen molar-refractivity contribution in [2.24, 2.45) is 11.8 Å². The van der Waals surface area contributed by atoms with Crippen LogP contribution in [0.3, 0.4) is 0 Å². The fourth-order valence-corrected chi connectivity index (χ4v) is 4.20. The molecule has 4 atom stereocenters. The van der Waals surface area contributed by atoms with Gasteiger partial charge in [0, 0.05) is 19.3 Å². The molecular weight excluding hydrogens is 356 g/mol. The Bertz CT molecular complexity index is 474. The van der Waals surface area contributed by atoms with Crippen LogP contribution in [0.5, 0.6) is 0 Å². The number of carbonyl (C=O) groups excluding carboxylic acids is 1. The van der Waals surface area contributed by atoms with Crippen molar-refractivity contribution >= 4 is 11.8 Å². The van der Waals surface area contributed by atoms with E-state index in [0.29, 0.717) is 44.9 Å². The van der Waals surface area contributed by atoms with Crippen molar-refractivity contribution in [3.8, 4) is 0 Å². The zero-order valence-electron chi connectivity index (χ0n) is 17.5. The zero-order chi connectivity index (χ0) is 20.8. The van der Waals surface area contributed by atoms with E-state index in [0.717, 1.165) is 12.8 Å². The van der Waals surface area contributed by atoms with E-state index < -0.39 is 18.2 Å². The van der Waals surface area contributed by atoms with Crippen LogP contribution >= 0.6 is 0 Å². The molecule has 0 aromatic heterocycles. The lowest BCUT2D eigenvalue weighted by Gasteiger charge is -2.22. The minimum atomic E-state index is -0.784. The Labute approximate surface area is 170 Å². The number of aliphatic hydroxyl groups excluding tert-OH is 2. The van der Waals surface area contributed by atoms with Gasteiger partial charge in [0.25, 0.3) is 0 Å². The Morgan fingerprint density at radius 1 is 0.857 bits per heavy atom. The normalized spacial score (nSPS) is 24.8. The summed E-state index contributed by atoms with van der Waals surface area (Å²) in [6.45, 7) is 2.19. The van der Waals surface area contributed by atoms with Gasteiger partial charge in [-0.2, -0.15) is 0 Å². The van der Waals surface area contributed by atoms with Gasteiger partial charge in [-0.3, -0.25) is 9.59 Å². The van der Waals surface area contributed by atoms with Crippen molar-refractivity contribution in [2.45, 2.75) is 109 Å². The molecule has 0 aromatic rings. The fraction of sp³-hybridized carbons (Fsp3) is 0.826. The van der Waals surface area contributed by atoms with E-state index in [9.17, 15) is 19.8 Å². The van der Waals surface area contributed by atoms with Crippen molar-refractivity contribution < 1.29 is 24.9 Å². The minimum Gasteiger partial charge on any atom is -0.481 e. The average Bonchev–Trinajstić information content (AvgIpc) is 2.91. The highest BCUT2D eigenvalue weighted by Gasteiger charge is 2.40. The number of hydrogen-bond donors (Lipinski definition) is 3. The molecule has 0 bridgehead atoms. The van der Waals surface area contributed by atoms with E-state index in [-0.39, 0.29) is 24.0 Å². The molecule has 5 heteroatoms. The summed E-state index contributed by atoms with van der Waals surface area (Å²) >= 11 is 0. The van der Waals surface area contributed by atoms with Crippen LogP contribution in [0.1, 0.15) is 96.8 Å². The van der Waals surface area contributed by atoms with Crippen LogP contribution in [0, 0.1) is 11.8 Å². The van der Waals surface area contributed by atoms with Gasteiger partial charge < -0.3 is 15.3 Å². The van der Waals surface area contributed by atoms with Crippen LogP contribution < -0.4 is 0 Å². The third-order valence-electron chi connectivity index (χ3n) is 5.92. The van der Waals surface area contributed by atoms with Gasteiger partial charge in [0.2, 0.25) is 0 Å². The molecule has 5 nitrogen and oxygen atoms in total. The molecule has 0 saturated heterocycles. The fourth-order valence-electron chi connectivity index (χ4n) is 4.20. The Morgan fingerprint density at radius 2 is 1.54 bits per heavy atom. The van der Waals surface area contributed by atoms with Crippen LogP contribution in [0.25, 0.3) is 0 Å². The summed E-state index contributed by atoms with van der Waals surface area (Å²) in [7, 11) is 0. The Hall–Kier alpha value is -1.20. The highest BCUT2D eigenvalue weighted by atomic mass is 16.4. The Morgan fingerprint density at radius 3 is 2.25 bits per heavy atom. The Balaban J connectivity index is 2.29. The molecule has 0 spiro atoms. The highest BCUT2D eigenvalue weighted by Crippen LogP contribution is 2.38. The first-order chi connectivity index (χ1) is 13.5. The van der Waals surface area contributed by atoms with Crippen LogP contribution in [-0.2, 0) is 9.59 Å². The van der Waals surface area contributed by atoms with Crippen molar-refractivity contribution in [1.82, 2.24) is 0 Å². The number of Topliss-reactive ketones (excluding diaryl/α,β-unsaturated/α-hetero) is 1.